The van der Waals surface area contributed by atoms with Crippen molar-refractivity contribution in [3.8, 4) is 5.95 Å². The molecule has 4 heteroatoms. The van der Waals surface area contributed by atoms with Gasteiger partial charge in [0, 0.05) is 10.8 Å². The van der Waals surface area contributed by atoms with E-state index in [1.807, 2.05) is 0 Å². The lowest BCUT2D eigenvalue weighted by atomic mass is 9.91. The number of allylic oxidation sites excluding steroid dienone is 4. The Hall–Kier alpha value is -5.48. The molecule has 0 bridgehead atoms. The number of rotatable bonds is 3. The van der Waals surface area contributed by atoms with E-state index >= 15 is 0 Å². The number of hydrogen-bond acceptors (Lipinski definition) is 3. The number of furan rings is 1. The maximum Gasteiger partial charge on any atom is 0.235 e. The van der Waals surface area contributed by atoms with Gasteiger partial charge < -0.3 is 4.42 Å². The zero-order chi connectivity index (χ0) is 27.6. The normalized spacial score (nSPS) is 13.8. The summed E-state index contributed by atoms with van der Waals surface area (Å²) in [6.07, 6.45) is 10.0. The van der Waals surface area contributed by atoms with Gasteiger partial charge in [0.25, 0.3) is 0 Å². The van der Waals surface area contributed by atoms with Gasteiger partial charge in [0.2, 0.25) is 5.95 Å². The van der Waals surface area contributed by atoms with Crippen molar-refractivity contribution in [3.05, 3.63) is 139 Å². The van der Waals surface area contributed by atoms with E-state index < -0.39 is 0 Å². The third-order valence-corrected chi connectivity index (χ3v) is 8.59. The molecule has 0 radical (unpaired) electrons. The van der Waals surface area contributed by atoms with Crippen LogP contribution in [0.2, 0.25) is 0 Å². The highest BCUT2D eigenvalue weighted by Gasteiger charge is 2.20. The van der Waals surface area contributed by atoms with Gasteiger partial charge in [0.1, 0.15) is 18.0 Å². The fourth-order valence-corrected chi connectivity index (χ4v) is 6.61. The maximum atomic E-state index is 5.70. The molecule has 0 fully saturated rings. The van der Waals surface area contributed by atoms with Crippen LogP contribution in [0.15, 0.2) is 132 Å². The summed E-state index contributed by atoms with van der Waals surface area (Å²) in [5, 5.41) is 8.30. The fraction of sp³-hybridized carbons (Fsp3) is 0.0526. The third kappa shape index (κ3) is 3.48. The van der Waals surface area contributed by atoms with Gasteiger partial charge in [-0.3, -0.25) is 4.57 Å². The molecule has 8 aromatic rings. The van der Waals surface area contributed by atoms with Crippen molar-refractivity contribution in [2.75, 3.05) is 0 Å². The second kappa shape index (κ2) is 9.02. The summed E-state index contributed by atoms with van der Waals surface area (Å²) in [5.74, 6) is 0.646. The Morgan fingerprint density at radius 1 is 0.643 bits per heavy atom. The molecule has 3 heterocycles. The highest BCUT2D eigenvalue weighted by molar-refractivity contribution is 6.21. The van der Waals surface area contributed by atoms with Gasteiger partial charge in [-0.05, 0) is 75.4 Å². The van der Waals surface area contributed by atoms with E-state index in [4.69, 9.17) is 14.4 Å². The minimum Gasteiger partial charge on any atom is -0.470 e. The molecule has 0 spiro atoms. The molecular weight excluding hydrogens is 514 g/mol. The van der Waals surface area contributed by atoms with Gasteiger partial charge in [0.15, 0.2) is 0 Å². The first kappa shape index (κ1) is 23.2. The van der Waals surface area contributed by atoms with E-state index in [0.717, 1.165) is 46.0 Å². The lowest BCUT2D eigenvalue weighted by molar-refractivity contribution is 0.571. The van der Waals surface area contributed by atoms with Crippen molar-refractivity contribution < 1.29 is 4.42 Å². The van der Waals surface area contributed by atoms with E-state index in [9.17, 15) is 0 Å². The summed E-state index contributed by atoms with van der Waals surface area (Å²) >= 11 is 0. The molecule has 0 unspecified atom stereocenters. The molecule has 0 N–H and O–H groups in total. The minimum atomic E-state index is 0.646. The Kier molecular flexibility index (Phi) is 4.99. The van der Waals surface area contributed by atoms with Crippen LogP contribution in [-0.2, 0) is 0 Å². The predicted molar refractivity (Wildman–Crippen MR) is 173 cm³/mol. The molecule has 0 saturated heterocycles. The zero-order valence-corrected chi connectivity index (χ0v) is 22.8. The fourth-order valence-electron chi connectivity index (χ4n) is 6.61. The van der Waals surface area contributed by atoms with E-state index in [1.54, 1.807) is 12.5 Å². The highest BCUT2D eigenvalue weighted by atomic mass is 16.3. The summed E-state index contributed by atoms with van der Waals surface area (Å²) < 4.78 is 7.90. The second-order valence-corrected chi connectivity index (χ2v) is 11.0. The number of hydrogen-bond donors (Lipinski definition) is 0. The summed E-state index contributed by atoms with van der Waals surface area (Å²) in [6.45, 7) is 0. The number of nitrogens with zero attached hydrogens (tertiary/aromatic N) is 3. The SMILES string of the molecule is C1=C(c2ccc3ccccc3c2)CCC=C1c1nc(-n2c3ccccc3c3c4ccccc4ccc32)nc2cocc12. The molecule has 1 aliphatic rings. The Labute approximate surface area is 241 Å². The van der Waals surface area contributed by atoms with Gasteiger partial charge >= 0.3 is 0 Å². The van der Waals surface area contributed by atoms with Crippen LogP contribution in [0.25, 0.3) is 71.3 Å². The molecular formula is C38H25N3O. The summed E-state index contributed by atoms with van der Waals surface area (Å²) in [7, 11) is 0. The Morgan fingerprint density at radius 3 is 2.36 bits per heavy atom. The van der Waals surface area contributed by atoms with Crippen LogP contribution in [0.3, 0.4) is 0 Å². The van der Waals surface area contributed by atoms with Crippen LogP contribution in [0.4, 0.5) is 0 Å². The van der Waals surface area contributed by atoms with Crippen molar-refractivity contribution in [1.29, 1.82) is 0 Å². The number of benzene rings is 5. The van der Waals surface area contributed by atoms with Crippen LogP contribution in [0.5, 0.6) is 0 Å². The zero-order valence-electron chi connectivity index (χ0n) is 22.8. The quantitative estimate of drug-likeness (QED) is 0.224. The van der Waals surface area contributed by atoms with Gasteiger partial charge in [0.05, 0.1) is 22.1 Å². The maximum absolute atomic E-state index is 5.70. The first-order valence-electron chi connectivity index (χ1n) is 14.4. The van der Waals surface area contributed by atoms with E-state index in [1.165, 1.54) is 43.5 Å². The van der Waals surface area contributed by atoms with Gasteiger partial charge in [-0.15, -0.1) is 0 Å². The van der Waals surface area contributed by atoms with Crippen molar-refractivity contribution in [2.24, 2.45) is 0 Å². The first-order chi connectivity index (χ1) is 20.8. The monoisotopic (exact) mass is 539 g/mol. The van der Waals surface area contributed by atoms with Crippen molar-refractivity contribution in [1.82, 2.24) is 14.5 Å². The highest BCUT2D eigenvalue weighted by Crippen LogP contribution is 2.38. The van der Waals surface area contributed by atoms with E-state index in [-0.39, 0.29) is 0 Å². The average Bonchev–Trinajstić information content (AvgIpc) is 3.67. The molecule has 9 rings (SSSR count). The molecule has 3 aromatic heterocycles. The lowest BCUT2D eigenvalue weighted by Crippen LogP contribution is -2.05. The molecule has 0 aliphatic heterocycles. The van der Waals surface area contributed by atoms with Crippen molar-refractivity contribution in [3.63, 3.8) is 0 Å². The van der Waals surface area contributed by atoms with Crippen LogP contribution in [-0.4, -0.2) is 14.5 Å². The molecule has 4 nitrogen and oxygen atoms in total. The number of para-hydroxylation sites is 1. The van der Waals surface area contributed by atoms with Crippen LogP contribution in [0.1, 0.15) is 24.1 Å². The average molecular weight is 540 g/mol. The van der Waals surface area contributed by atoms with E-state index in [0.29, 0.717) is 5.95 Å². The standard InChI is InChI=1S/C38H25N3O/c1-2-10-26-20-28(17-16-24(26)8-1)27-11-7-12-29(21-27)37-32-22-42-23-33(32)39-38(40-37)41-34-15-6-5-14-31(34)36-30-13-4-3-9-25(30)18-19-35(36)41/h1-6,8-10,12-23H,7,11H2. The van der Waals surface area contributed by atoms with Crippen LogP contribution in [0, 0.1) is 0 Å². The smallest absolute Gasteiger partial charge is 0.235 e. The Morgan fingerprint density at radius 2 is 1.43 bits per heavy atom. The van der Waals surface area contributed by atoms with Gasteiger partial charge in [-0.25, -0.2) is 9.97 Å². The molecule has 0 atom stereocenters. The molecule has 198 valence electrons. The molecule has 0 saturated carbocycles. The first-order valence-corrected chi connectivity index (χ1v) is 14.4. The summed E-state index contributed by atoms with van der Waals surface area (Å²) in [6, 6.07) is 36.8. The Bertz CT molecular complexity index is 2420. The van der Waals surface area contributed by atoms with Gasteiger partial charge in [-0.2, -0.15) is 0 Å². The Balaban J connectivity index is 1.26. The van der Waals surface area contributed by atoms with Crippen molar-refractivity contribution in [2.45, 2.75) is 12.8 Å². The minimum absolute atomic E-state index is 0.646. The predicted octanol–water partition coefficient (Wildman–Crippen LogP) is 9.89. The number of aromatic nitrogens is 3. The van der Waals surface area contributed by atoms with E-state index in [2.05, 4.69) is 120 Å². The molecule has 42 heavy (non-hydrogen) atoms. The molecule has 5 aromatic carbocycles. The number of fused-ring (bicyclic) bond motifs is 7. The van der Waals surface area contributed by atoms with Crippen LogP contribution < -0.4 is 0 Å². The summed E-state index contributed by atoms with van der Waals surface area (Å²) in [4.78, 5) is 10.3. The second-order valence-electron chi connectivity index (χ2n) is 11.0. The molecule has 0 amide bonds. The topological polar surface area (TPSA) is 43.9 Å². The summed E-state index contributed by atoms with van der Waals surface area (Å²) in [5.41, 5.74) is 7.55. The lowest BCUT2D eigenvalue weighted by Gasteiger charge is -2.16. The van der Waals surface area contributed by atoms with Crippen molar-refractivity contribution >= 4 is 65.4 Å². The largest absolute Gasteiger partial charge is 0.470 e. The van der Waals surface area contributed by atoms with Crippen LogP contribution >= 0.6 is 0 Å². The third-order valence-electron chi connectivity index (χ3n) is 8.59. The van der Waals surface area contributed by atoms with Gasteiger partial charge in [-0.1, -0.05) is 91.0 Å². The molecule has 1 aliphatic carbocycles.